The van der Waals surface area contributed by atoms with Gasteiger partial charge in [-0.3, -0.25) is 4.21 Å². The molecule has 98 valence electrons. The summed E-state index contributed by atoms with van der Waals surface area (Å²) in [5.74, 6) is 1.74. The highest BCUT2D eigenvalue weighted by Gasteiger charge is 2.19. The molecule has 2 nitrogen and oxygen atoms in total. The molecule has 2 aliphatic rings. The third kappa shape index (κ3) is 2.61. The minimum Gasteiger partial charge on any atom is -0.382 e. The van der Waals surface area contributed by atoms with E-state index in [9.17, 15) is 4.21 Å². The fourth-order valence-corrected chi connectivity index (χ4v) is 4.37. The van der Waals surface area contributed by atoms with Gasteiger partial charge < -0.3 is 5.32 Å². The topological polar surface area (TPSA) is 29.1 Å². The first-order valence-electron chi connectivity index (χ1n) is 7.05. The maximum atomic E-state index is 11.4. The Morgan fingerprint density at radius 3 is 2.72 bits per heavy atom. The van der Waals surface area contributed by atoms with Crippen molar-refractivity contribution in [3.8, 4) is 0 Å². The number of fused-ring (bicyclic) bond motifs is 1. The van der Waals surface area contributed by atoms with E-state index in [1.54, 1.807) is 0 Å². The third-order valence-electron chi connectivity index (χ3n) is 4.14. The van der Waals surface area contributed by atoms with Gasteiger partial charge in [0.2, 0.25) is 0 Å². The molecule has 1 saturated heterocycles. The zero-order valence-corrected chi connectivity index (χ0v) is 11.6. The minimum absolute atomic E-state index is 0.524. The zero-order chi connectivity index (χ0) is 12.4. The molecule has 3 heteroatoms. The van der Waals surface area contributed by atoms with Gasteiger partial charge in [-0.25, -0.2) is 0 Å². The summed E-state index contributed by atoms with van der Waals surface area (Å²) in [4.78, 5) is 0. The molecule has 0 bridgehead atoms. The molecule has 0 atom stereocenters. The maximum Gasteiger partial charge on any atom is 0.0377 e. The smallest absolute Gasteiger partial charge is 0.0377 e. The van der Waals surface area contributed by atoms with Crippen molar-refractivity contribution in [2.24, 2.45) is 0 Å². The van der Waals surface area contributed by atoms with E-state index in [1.807, 2.05) is 0 Å². The van der Waals surface area contributed by atoms with Crippen molar-refractivity contribution in [2.45, 2.75) is 44.6 Å². The highest BCUT2D eigenvalue weighted by atomic mass is 32.2. The van der Waals surface area contributed by atoms with Gasteiger partial charge in [-0.05, 0) is 55.7 Å². The van der Waals surface area contributed by atoms with Crippen LogP contribution in [0.1, 0.15) is 36.8 Å². The van der Waals surface area contributed by atoms with Crippen molar-refractivity contribution in [2.75, 3.05) is 16.8 Å². The first-order chi connectivity index (χ1) is 8.83. The number of rotatable bonds is 2. The molecular weight excluding hydrogens is 242 g/mol. The number of anilines is 1. The number of aryl methyl sites for hydroxylation is 1. The van der Waals surface area contributed by atoms with Crippen molar-refractivity contribution in [1.82, 2.24) is 0 Å². The largest absolute Gasteiger partial charge is 0.382 e. The van der Waals surface area contributed by atoms with Crippen molar-refractivity contribution < 1.29 is 4.21 Å². The summed E-state index contributed by atoms with van der Waals surface area (Å²) < 4.78 is 11.4. The molecule has 1 aliphatic heterocycles. The predicted molar refractivity (Wildman–Crippen MR) is 77.6 cm³/mol. The van der Waals surface area contributed by atoms with Gasteiger partial charge in [0.1, 0.15) is 0 Å². The third-order valence-corrected chi connectivity index (χ3v) is 5.53. The monoisotopic (exact) mass is 263 g/mol. The Balaban J connectivity index is 1.74. The van der Waals surface area contributed by atoms with E-state index < -0.39 is 10.8 Å². The van der Waals surface area contributed by atoms with Crippen LogP contribution in [0.4, 0.5) is 5.69 Å². The van der Waals surface area contributed by atoms with Crippen molar-refractivity contribution in [3.05, 3.63) is 29.3 Å². The molecule has 0 spiro atoms. The van der Waals surface area contributed by atoms with Gasteiger partial charge in [-0.2, -0.15) is 0 Å². The fraction of sp³-hybridized carbons (Fsp3) is 0.600. The fourth-order valence-electron chi connectivity index (χ4n) is 3.07. The molecule has 1 aliphatic carbocycles. The second-order valence-corrected chi connectivity index (χ2v) is 7.11. The normalized spacial score (nSPS) is 27.6. The molecule has 18 heavy (non-hydrogen) atoms. The summed E-state index contributed by atoms with van der Waals surface area (Å²) in [6, 6.07) is 7.19. The Hall–Kier alpha value is -0.830. The van der Waals surface area contributed by atoms with E-state index in [-0.39, 0.29) is 0 Å². The number of benzene rings is 1. The van der Waals surface area contributed by atoms with Crippen LogP contribution in [0, 0.1) is 0 Å². The summed E-state index contributed by atoms with van der Waals surface area (Å²) >= 11 is 0. The quantitative estimate of drug-likeness (QED) is 0.889. The lowest BCUT2D eigenvalue weighted by atomic mass is 9.90. The summed E-state index contributed by atoms with van der Waals surface area (Å²) in [6.45, 7) is 0. The van der Waals surface area contributed by atoms with E-state index in [0.29, 0.717) is 6.04 Å². The first kappa shape index (κ1) is 12.2. The van der Waals surface area contributed by atoms with E-state index >= 15 is 0 Å². The first-order valence-corrected chi connectivity index (χ1v) is 8.54. The molecule has 1 fully saturated rings. The van der Waals surface area contributed by atoms with Crippen molar-refractivity contribution >= 4 is 16.5 Å². The van der Waals surface area contributed by atoms with Crippen LogP contribution in [0.5, 0.6) is 0 Å². The Morgan fingerprint density at radius 2 is 1.89 bits per heavy atom. The lowest BCUT2D eigenvalue weighted by molar-refractivity contribution is 0.621. The van der Waals surface area contributed by atoms with E-state index in [1.165, 1.54) is 42.5 Å². The van der Waals surface area contributed by atoms with Crippen molar-refractivity contribution in [3.63, 3.8) is 0 Å². The van der Waals surface area contributed by atoms with Crippen LogP contribution in [0.25, 0.3) is 0 Å². The molecule has 1 aromatic rings. The number of hydrogen-bond donors (Lipinski definition) is 1. The summed E-state index contributed by atoms with van der Waals surface area (Å²) in [5.41, 5.74) is 4.41. The van der Waals surface area contributed by atoms with Gasteiger partial charge in [-0.1, -0.05) is 12.1 Å². The molecule has 0 saturated carbocycles. The zero-order valence-electron chi connectivity index (χ0n) is 10.8. The maximum absolute atomic E-state index is 11.4. The minimum atomic E-state index is -0.561. The lowest BCUT2D eigenvalue weighted by Crippen LogP contribution is -2.30. The molecule has 1 N–H and O–H groups in total. The summed E-state index contributed by atoms with van der Waals surface area (Å²) in [7, 11) is -0.561. The Morgan fingerprint density at radius 1 is 1.11 bits per heavy atom. The van der Waals surface area contributed by atoms with E-state index in [0.717, 1.165) is 24.3 Å². The van der Waals surface area contributed by atoms with Crippen LogP contribution < -0.4 is 5.32 Å². The van der Waals surface area contributed by atoms with Crippen LogP contribution >= 0.6 is 0 Å². The molecule has 0 aromatic heterocycles. The van der Waals surface area contributed by atoms with Crippen LogP contribution in [0.3, 0.4) is 0 Å². The highest BCUT2D eigenvalue weighted by molar-refractivity contribution is 7.85. The van der Waals surface area contributed by atoms with Gasteiger partial charge in [-0.15, -0.1) is 0 Å². The predicted octanol–water partition coefficient (Wildman–Crippen LogP) is 2.89. The van der Waals surface area contributed by atoms with Gasteiger partial charge in [0.25, 0.3) is 0 Å². The Bertz CT molecular complexity index is 448. The SMILES string of the molecule is O=S1CCC(Nc2cccc3c2CCCC3)CC1. The Kier molecular flexibility index (Phi) is 3.69. The van der Waals surface area contributed by atoms with Gasteiger partial charge >= 0.3 is 0 Å². The summed E-state index contributed by atoms with van der Waals surface area (Å²) in [6.07, 6.45) is 7.21. The molecule has 0 unspecified atom stereocenters. The van der Waals surface area contributed by atoms with E-state index in [4.69, 9.17) is 0 Å². The second-order valence-electron chi connectivity index (χ2n) is 5.42. The van der Waals surface area contributed by atoms with Crippen LogP contribution in [-0.2, 0) is 23.6 Å². The van der Waals surface area contributed by atoms with Crippen LogP contribution in [-0.4, -0.2) is 21.8 Å². The highest BCUT2D eigenvalue weighted by Crippen LogP contribution is 2.29. The van der Waals surface area contributed by atoms with Gasteiger partial charge in [0.15, 0.2) is 0 Å². The van der Waals surface area contributed by atoms with Gasteiger partial charge in [0.05, 0.1) is 0 Å². The lowest BCUT2D eigenvalue weighted by Gasteiger charge is -2.27. The number of nitrogens with one attached hydrogen (secondary N) is 1. The number of hydrogen-bond acceptors (Lipinski definition) is 2. The van der Waals surface area contributed by atoms with Crippen molar-refractivity contribution in [1.29, 1.82) is 0 Å². The molecule has 3 rings (SSSR count). The van der Waals surface area contributed by atoms with E-state index in [2.05, 4.69) is 23.5 Å². The molecule has 1 heterocycles. The summed E-state index contributed by atoms with van der Waals surface area (Å²) in [5, 5.41) is 3.70. The average Bonchev–Trinajstić information content (AvgIpc) is 2.42. The molecular formula is C15H21NOS. The standard InChI is InChI=1S/C15H21NOS/c17-18-10-8-13(9-11-18)16-15-7-3-5-12-4-1-2-6-14(12)15/h3,5,7,13,16H,1-2,4,6,8-11H2. The van der Waals surface area contributed by atoms with Crippen LogP contribution in [0.2, 0.25) is 0 Å². The van der Waals surface area contributed by atoms with Crippen LogP contribution in [0.15, 0.2) is 18.2 Å². The molecule has 0 radical (unpaired) electrons. The average molecular weight is 263 g/mol. The van der Waals surface area contributed by atoms with Gasteiger partial charge in [0, 0.05) is 34.0 Å². The molecule has 0 amide bonds. The second kappa shape index (κ2) is 5.43. The molecule has 1 aromatic carbocycles. The Labute approximate surface area is 112 Å².